The highest BCUT2D eigenvalue weighted by atomic mass is 16.5. The molecule has 4 rings (SSSR count). The molecule has 0 unspecified atom stereocenters. The molecule has 51 heavy (non-hydrogen) atoms. The second-order valence-electron chi connectivity index (χ2n) is 12.7. The molecule has 0 spiro atoms. The molecule has 0 amide bonds. The van der Waals surface area contributed by atoms with Crippen LogP contribution in [0.15, 0.2) is 109 Å². The van der Waals surface area contributed by atoms with Gasteiger partial charge in [-0.3, -0.25) is 0 Å². The SMILES string of the molecule is CCN(CC)CCOc1ccc(C(C)(CCC(c2ccccc2)c2ccccc2)c2ccc(OCCN(CC)CC)cc2)cc1.O=C(O)C(=O)O. The zero-order chi connectivity index (χ0) is 37.1. The van der Waals surface area contributed by atoms with Gasteiger partial charge in [-0.15, -0.1) is 0 Å². The number of carboxylic acid groups (broad SMARTS) is 2. The van der Waals surface area contributed by atoms with Gasteiger partial charge < -0.3 is 29.5 Å². The Morgan fingerprint density at radius 3 is 1.25 bits per heavy atom. The summed E-state index contributed by atoms with van der Waals surface area (Å²) < 4.78 is 12.3. The predicted octanol–water partition coefficient (Wildman–Crippen LogP) is 8.20. The molecule has 0 saturated carbocycles. The van der Waals surface area contributed by atoms with Gasteiger partial charge in [-0.1, -0.05) is 120 Å². The van der Waals surface area contributed by atoms with Crippen LogP contribution in [0.3, 0.4) is 0 Å². The molecule has 0 aliphatic carbocycles. The molecule has 0 radical (unpaired) electrons. The minimum atomic E-state index is -1.82. The first-order valence-corrected chi connectivity index (χ1v) is 18.1. The van der Waals surface area contributed by atoms with Gasteiger partial charge in [0.2, 0.25) is 0 Å². The van der Waals surface area contributed by atoms with Crippen LogP contribution in [0.1, 0.15) is 75.6 Å². The van der Waals surface area contributed by atoms with Crippen LogP contribution in [0.4, 0.5) is 0 Å². The van der Waals surface area contributed by atoms with Gasteiger partial charge in [0.15, 0.2) is 0 Å². The molecule has 0 aliphatic heterocycles. The first-order chi connectivity index (χ1) is 24.6. The molecule has 0 aromatic heterocycles. The molecule has 4 aromatic rings. The van der Waals surface area contributed by atoms with Crippen molar-refractivity contribution in [3.63, 3.8) is 0 Å². The van der Waals surface area contributed by atoms with Crippen LogP contribution in [-0.4, -0.2) is 84.4 Å². The smallest absolute Gasteiger partial charge is 0.414 e. The van der Waals surface area contributed by atoms with Crippen molar-refractivity contribution in [3.05, 3.63) is 131 Å². The van der Waals surface area contributed by atoms with Crippen LogP contribution in [-0.2, 0) is 15.0 Å². The van der Waals surface area contributed by atoms with Crippen LogP contribution in [0.2, 0.25) is 0 Å². The quantitative estimate of drug-likeness (QED) is 0.0947. The highest BCUT2D eigenvalue weighted by Crippen LogP contribution is 2.41. The Labute approximate surface area is 304 Å². The summed E-state index contributed by atoms with van der Waals surface area (Å²) >= 11 is 0. The van der Waals surface area contributed by atoms with Crippen molar-refractivity contribution < 1.29 is 29.3 Å². The van der Waals surface area contributed by atoms with Gasteiger partial charge in [-0.2, -0.15) is 0 Å². The summed E-state index contributed by atoms with van der Waals surface area (Å²) in [7, 11) is 0. The molecule has 0 aliphatic rings. The number of nitrogens with zero attached hydrogens (tertiary/aromatic N) is 2. The average molecular weight is 697 g/mol. The number of likely N-dealkylation sites (N-methyl/N-ethyl adjacent to an activating group) is 2. The molecule has 0 saturated heterocycles. The number of carboxylic acids is 2. The normalized spacial score (nSPS) is 11.3. The van der Waals surface area contributed by atoms with E-state index < -0.39 is 11.9 Å². The van der Waals surface area contributed by atoms with Crippen LogP contribution in [0.25, 0.3) is 0 Å². The second-order valence-corrected chi connectivity index (χ2v) is 12.7. The van der Waals surface area contributed by atoms with E-state index in [9.17, 15) is 0 Å². The monoisotopic (exact) mass is 696 g/mol. The molecule has 2 N–H and O–H groups in total. The fraction of sp³-hybridized carbons (Fsp3) is 0.395. The van der Waals surface area contributed by atoms with Crippen molar-refractivity contribution >= 4 is 11.9 Å². The summed E-state index contributed by atoms with van der Waals surface area (Å²) in [6.07, 6.45) is 2.01. The van der Waals surface area contributed by atoms with Gasteiger partial charge in [0, 0.05) is 24.4 Å². The van der Waals surface area contributed by atoms with E-state index >= 15 is 0 Å². The van der Waals surface area contributed by atoms with Crippen molar-refractivity contribution in [3.8, 4) is 11.5 Å². The van der Waals surface area contributed by atoms with E-state index in [0.717, 1.165) is 63.6 Å². The second kappa shape index (κ2) is 21.5. The number of ether oxygens (including phenoxy) is 2. The Bertz CT molecular complexity index is 1440. The molecule has 0 fully saturated rings. The zero-order valence-corrected chi connectivity index (χ0v) is 31.0. The number of hydrogen-bond acceptors (Lipinski definition) is 6. The van der Waals surface area contributed by atoms with Crippen LogP contribution in [0, 0.1) is 0 Å². The molecular weight excluding hydrogens is 640 g/mol. The fourth-order valence-corrected chi connectivity index (χ4v) is 6.29. The zero-order valence-electron chi connectivity index (χ0n) is 31.0. The highest BCUT2D eigenvalue weighted by Gasteiger charge is 2.31. The fourth-order valence-electron chi connectivity index (χ4n) is 6.29. The summed E-state index contributed by atoms with van der Waals surface area (Å²) in [5, 5.41) is 14.8. The van der Waals surface area contributed by atoms with E-state index in [-0.39, 0.29) is 5.41 Å². The van der Waals surface area contributed by atoms with Crippen LogP contribution < -0.4 is 9.47 Å². The molecule has 8 heteroatoms. The van der Waals surface area contributed by atoms with E-state index in [0.29, 0.717) is 19.1 Å². The summed E-state index contributed by atoms with van der Waals surface area (Å²) in [6.45, 7) is 18.6. The topological polar surface area (TPSA) is 99.5 Å². The Morgan fingerprint density at radius 2 is 0.941 bits per heavy atom. The standard InChI is InChI=1S/C41H54N2O2.C2H2O4/c1-6-42(7-2)30-32-44-38-24-20-36(21-25-38)41(5,37-22-26-39(27-23-37)45-33-31-43(8-3)9-4)29-28-40(34-16-12-10-13-17-34)35-18-14-11-15-19-35;3-1(4)2(5)6/h10-27,40H,6-9,28-33H2,1-5H3;(H,3,4)(H,5,6). The minimum absolute atomic E-state index is 0.193. The predicted molar refractivity (Wildman–Crippen MR) is 205 cm³/mol. The third-order valence-electron chi connectivity index (χ3n) is 9.64. The lowest BCUT2D eigenvalue weighted by Gasteiger charge is -2.33. The van der Waals surface area contributed by atoms with Crippen molar-refractivity contribution in [2.45, 2.75) is 58.8 Å². The van der Waals surface area contributed by atoms with Crippen molar-refractivity contribution in [2.24, 2.45) is 0 Å². The molecule has 0 atom stereocenters. The van der Waals surface area contributed by atoms with Gasteiger partial charge in [-0.05, 0) is 85.5 Å². The number of aliphatic carboxylic acids is 2. The lowest BCUT2D eigenvalue weighted by Crippen LogP contribution is -2.28. The summed E-state index contributed by atoms with van der Waals surface area (Å²) in [4.78, 5) is 23.0. The van der Waals surface area contributed by atoms with E-state index in [1.165, 1.54) is 22.3 Å². The van der Waals surface area contributed by atoms with Gasteiger partial charge in [0.1, 0.15) is 24.7 Å². The number of benzene rings is 4. The first kappa shape index (κ1) is 40.8. The highest BCUT2D eigenvalue weighted by molar-refractivity contribution is 6.27. The van der Waals surface area contributed by atoms with Gasteiger partial charge in [0.05, 0.1) is 0 Å². The number of hydrogen-bond donors (Lipinski definition) is 2. The third-order valence-corrected chi connectivity index (χ3v) is 9.64. The minimum Gasteiger partial charge on any atom is -0.492 e. The first-order valence-electron chi connectivity index (χ1n) is 18.1. The number of rotatable bonds is 19. The Hall–Kier alpha value is -4.66. The van der Waals surface area contributed by atoms with E-state index in [1.54, 1.807) is 0 Å². The largest absolute Gasteiger partial charge is 0.492 e. The Balaban J connectivity index is 0.00000107. The van der Waals surface area contributed by atoms with E-state index in [2.05, 4.69) is 154 Å². The molecule has 0 heterocycles. The lowest BCUT2D eigenvalue weighted by atomic mass is 9.70. The van der Waals surface area contributed by atoms with Crippen molar-refractivity contribution in [1.29, 1.82) is 0 Å². The van der Waals surface area contributed by atoms with E-state index in [4.69, 9.17) is 29.3 Å². The molecule has 0 bridgehead atoms. The molecule has 8 nitrogen and oxygen atoms in total. The van der Waals surface area contributed by atoms with Gasteiger partial charge in [-0.25, -0.2) is 9.59 Å². The maximum Gasteiger partial charge on any atom is 0.414 e. The molecule has 274 valence electrons. The maximum absolute atomic E-state index is 9.10. The summed E-state index contributed by atoms with van der Waals surface area (Å²) in [6, 6.07) is 39.5. The van der Waals surface area contributed by atoms with Crippen LogP contribution >= 0.6 is 0 Å². The summed E-state index contributed by atoms with van der Waals surface area (Å²) in [5.74, 6) is -1.48. The average Bonchev–Trinajstić information content (AvgIpc) is 3.16. The maximum atomic E-state index is 9.10. The van der Waals surface area contributed by atoms with E-state index in [1.807, 2.05) is 0 Å². The van der Waals surface area contributed by atoms with Crippen molar-refractivity contribution in [2.75, 3.05) is 52.5 Å². The Morgan fingerprint density at radius 1 is 0.588 bits per heavy atom. The van der Waals surface area contributed by atoms with Gasteiger partial charge in [0.25, 0.3) is 0 Å². The summed E-state index contributed by atoms with van der Waals surface area (Å²) in [5.41, 5.74) is 5.13. The van der Waals surface area contributed by atoms with Gasteiger partial charge >= 0.3 is 11.9 Å². The molecule has 4 aromatic carbocycles. The Kier molecular flexibility index (Phi) is 17.2. The van der Waals surface area contributed by atoms with Crippen molar-refractivity contribution in [1.82, 2.24) is 9.80 Å². The number of carbonyl (C=O) groups is 2. The lowest BCUT2D eigenvalue weighted by molar-refractivity contribution is -0.159. The molecular formula is C43H56N2O6. The third kappa shape index (κ3) is 12.9. The van der Waals surface area contributed by atoms with Crippen LogP contribution in [0.5, 0.6) is 11.5 Å².